The van der Waals surface area contributed by atoms with Gasteiger partial charge in [0.15, 0.2) is 0 Å². The number of carbonyl (C=O) groups is 1. The first-order valence-corrected chi connectivity index (χ1v) is 11.1. The van der Waals surface area contributed by atoms with Gasteiger partial charge in [0.1, 0.15) is 10.7 Å². The minimum Gasteiger partial charge on any atom is -0.352 e. The van der Waals surface area contributed by atoms with Crippen molar-refractivity contribution in [2.75, 3.05) is 6.54 Å². The molecule has 8 heteroatoms. The van der Waals surface area contributed by atoms with Crippen molar-refractivity contribution in [3.63, 3.8) is 0 Å². The molecule has 5 nitrogen and oxygen atoms in total. The van der Waals surface area contributed by atoms with Gasteiger partial charge in [-0.25, -0.2) is 17.5 Å². The molecule has 3 aromatic rings. The predicted molar refractivity (Wildman–Crippen MR) is 114 cm³/mol. The third kappa shape index (κ3) is 5.89. The summed E-state index contributed by atoms with van der Waals surface area (Å²) in [5, 5.41) is 2.75. The Bertz CT molecular complexity index is 1120. The third-order valence-electron chi connectivity index (χ3n) is 4.40. The van der Waals surface area contributed by atoms with E-state index in [-0.39, 0.29) is 27.8 Å². The Morgan fingerprint density at radius 2 is 1.63 bits per heavy atom. The van der Waals surface area contributed by atoms with Crippen LogP contribution in [-0.2, 0) is 23.0 Å². The summed E-state index contributed by atoms with van der Waals surface area (Å²) in [5.41, 5.74) is 1.85. The zero-order valence-electron chi connectivity index (χ0n) is 15.9. The molecule has 0 saturated heterocycles. The molecule has 0 aliphatic rings. The van der Waals surface area contributed by atoms with Gasteiger partial charge < -0.3 is 5.32 Å². The summed E-state index contributed by atoms with van der Waals surface area (Å²) in [4.78, 5) is 12.3. The molecule has 0 spiro atoms. The van der Waals surface area contributed by atoms with Gasteiger partial charge >= 0.3 is 0 Å². The van der Waals surface area contributed by atoms with Crippen LogP contribution in [0.4, 0.5) is 4.39 Å². The van der Waals surface area contributed by atoms with Crippen LogP contribution in [0.2, 0.25) is 5.02 Å². The van der Waals surface area contributed by atoms with Crippen LogP contribution >= 0.6 is 11.6 Å². The molecule has 3 rings (SSSR count). The molecular weight excluding hydrogens is 427 g/mol. The van der Waals surface area contributed by atoms with Crippen LogP contribution in [0.25, 0.3) is 0 Å². The maximum Gasteiger partial charge on any atom is 0.251 e. The normalized spacial score (nSPS) is 11.3. The van der Waals surface area contributed by atoms with Crippen molar-refractivity contribution >= 4 is 27.5 Å². The minimum absolute atomic E-state index is 0.0263. The monoisotopic (exact) mass is 446 g/mol. The molecule has 0 unspecified atom stereocenters. The number of amides is 1. The van der Waals surface area contributed by atoms with Crippen molar-refractivity contribution in [3.8, 4) is 0 Å². The minimum atomic E-state index is -3.91. The molecule has 0 aliphatic heterocycles. The summed E-state index contributed by atoms with van der Waals surface area (Å²) >= 11 is 6.08. The van der Waals surface area contributed by atoms with E-state index in [1.54, 1.807) is 24.3 Å². The van der Waals surface area contributed by atoms with Crippen molar-refractivity contribution in [1.82, 2.24) is 10.0 Å². The van der Waals surface area contributed by atoms with Crippen LogP contribution in [0, 0.1) is 5.82 Å². The maximum atomic E-state index is 12.9. The maximum absolute atomic E-state index is 12.9. The van der Waals surface area contributed by atoms with Gasteiger partial charge in [-0.2, -0.15) is 0 Å². The summed E-state index contributed by atoms with van der Waals surface area (Å²) in [6, 6.07) is 19.2. The second-order valence-electron chi connectivity index (χ2n) is 6.59. The standard InChI is InChI=1S/C22H20ClFN2O3S/c23-20-11-8-18(22(27)25-13-12-16-6-9-19(24)10-7-16)14-21(20)30(28,29)26-15-17-4-2-1-3-5-17/h1-11,14,26H,12-13,15H2,(H,25,27). The Kier molecular flexibility index (Phi) is 7.20. The number of hydrogen-bond donors (Lipinski definition) is 2. The highest BCUT2D eigenvalue weighted by atomic mass is 35.5. The summed E-state index contributed by atoms with van der Waals surface area (Å²) in [6.07, 6.45) is 0.517. The number of sulfonamides is 1. The van der Waals surface area contributed by atoms with Crippen LogP contribution in [0.5, 0.6) is 0 Å². The molecule has 0 aromatic heterocycles. The van der Waals surface area contributed by atoms with Crippen molar-refractivity contribution < 1.29 is 17.6 Å². The van der Waals surface area contributed by atoms with Gasteiger partial charge in [-0.3, -0.25) is 4.79 Å². The van der Waals surface area contributed by atoms with Gasteiger partial charge in [-0.15, -0.1) is 0 Å². The molecule has 3 aromatic carbocycles. The van der Waals surface area contributed by atoms with Crippen LogP contribution < -0.4 is 10.0 Å². The highest BCUT2D eigenvalue weighted by molar-refractivity contribution is 7.89. The van der Waals surface area contributed by atoms with Crippen molar-refractivity contribution in [3.05, 3.63) is 100 Å². The predicted octanol–water partition coefficient (Wildman–Crippen LogP) is 3.93. The Hall–Kier alpha value is -2.74. The molecule has 2 N–H and O–H groups in total. The number of halogens is 2. The van der Waals surface area contributed by atoms with E-state index in [0.29, 0.717) is 13.0 Å². The van der Waals surface area contributed by atoms with Crippen LogP contribution in [0.15, 0.2) is 77.7 Å². The van der Waals surface area contributed by atoms with Crippen LogP contribution in [-0.4, -0.2) is 20.9 Å². The molecule has 0 radical (unpaired) electrons. The average Bonchev–Trinajstić information content (AvgIpc) is 2.74. The molecule has 0 atom stereocenters. The summed E-state index contributed by atoms with van der Waals surface area (Å²) < 4.78 is 40.8. The molecule has 0 aliphatic carbocycles. The van der Waals surface area contributed by atoms with Gasteiger partial charge in [-0.1, -0.05) is 54.1 Å². The van der Waals surface area contributed by atoms with Crippen LogP contribution in [0.1, 0.15) is 21.5 Å². The van der Waals surface area contributed by atoms with E-state index >= 15 is 0 Å². The third-order valence-corrected chi connectivity index (χ3v) is 6.29. The Labute approximate surface area is 179 Å². The second-order valence-corrected chi connectivity index (χ2v) is 8.73. The van der Waals surface area contributed by atoms with Gasteiger partial charge in [0, 0.05) is 18.7 Å². The number of nitrogens with one attached hydrogen (secondary N) is 2. The van der Waals surface area contributed by atoms with Gasteiger partial charge in [0.25, 0.3) is 5.91 Å². The van der Waals surface area contributed by atoms with Gasteiger partial charge in [0.2, 0.25) is 10.0 Å². The molecule has 0 fully saturated rings. The van der Waals surface area contributed by atoms with Crippen molar-refractivity contribution in [2.24, 2.45) is 0 Å². The lowest BCUT2D eigenvalue weighted by Gasteiger charge is -2.11. The highest BCUT2D eigenvalue weighted by Gasteiger charge is 2.20. The number of benzene rings is 3. The van der Waals surface area contributed by atoms with Crippen molar-refractivity contribution in [2.45, 2.75) is 17.9 Å². The molecule has 156 valence electrons. The molecular formula is C22H20ClFN2O3S. The molecule has 0 bridgehead atoms. The smallest absolute Gasteiger partial charge is 0.251 e. The fourth-order valence-electron chi connectivity index (χ4n) is 2.78. The SMILES string of the molecule is O=C(NCCc1ccc(F)cc1)c1ccc(Cl)c(S(=O)(=O)NCc2ccccc2)c1. The summed E-state index contributed by atoms with van der Waals surface area (Å²) in [6.45, 7) is 0.426. The fraction of sp³-hybridized carbons (Fsp3) is 0.136. The quantitative estimate of drug-likeness (QED) is 0.550. The van der Waals surface area contributed by atoms with E-state index < -0.39 is 15.9 Å². The second kappa shape index (κ2) is 9.84. The first-order valence-electron chi connectivity index (χ1n) is 9.21. The Balaban J connectivity index is 1.65. The van der Waals surface area contributed by atoms with E-state index in [1.165, 1.54) is 30.3 Å². The number of hydrogen-bond acceptors (Lipinski definition) is 3. The average molecular weight is 447 g/mol. The molecule has 1 amide bonds. The summed E-state index contributed by atoms with van der Waals surface area (Å²) in [5.74, 6) is -0.744. The van der Waals surface area contributed by atoms with E-state index in [1.807, 2.05) is 18.2 Å². The number of rotatable bonds is 8. The van der Waals surface area contributed by atoms with E-state index in [0.717, 1.165) is 11.1 Å². The lowest BCUT2D eigenvalue weighted by molar-refractivity contribution is 0.0954. The van der Waals surface area contributed by atoms with E-state index in [4.69, 9.17) is 11.6 Å². The van der Waals surface area contributed by atoms with E-state index in [2.05, 4.69) is 10.0 Å². The lowest BCUT2D eigenvalue weighted by Crippen LogP contribution is -2.27. The lowest BCUT2D eigenvalue weighted by atomic mass is 10.1. The van der Waals surface area contributed by atoms with E-state index in [9.17, 15) is 17.6 Å². The molecule has 0 saturated carbocycles. The molecule has 0 heterocycles. The largest absolute Gasteiger partial charge is 0.352 e. The first-order chi connectivity index (χ1) is 14.3. The summed E-state index contributed by atoms with van der Waals surface area (Å²) in [7, 11) is -3.91. The van der Waals surface area contributed by atoms with Gasteiger partial charge in [-0.05, 0) is 47.9 Å². The zero-order valence-corrected chi connectivity index (χ0v) is 17.5. The van der Waals surface area contributed by atoms with Crippen molar-refractivity contribution in [1.29, 1.82) is 0 Å². The topological polar surface area (TPSA) is 75.3 Å². The first kappa shape index (κ1) is 22.0. The van der Waals surface area contributed by atoms with Gasteiger partial charge in [0.05, 0.1) is 5.02 Å². The Morgan fingerprint density at radius 3 is 2.33 bits per heavy atom. The van der Waals surface area contributed by atoms with Crippen LogP contribution in [0.3, 0.4) is 0 Å². The fourth-order valence-corrected chi connectivity index (χ4v) is 4.32. The zero-order chi connectivity index (χ0) is 21.6. The number of carbonyl (C=O) groups excluding carboxylic acids is 1. The highest BCUT2D eigenvalue weighted by Crippen LogP contribution is 2.23. The molecule has 30 heavy (non-hydrogen) atoms. The Morgan fingerprint density at radius 1 is 0.933 bits per heavy atom.